The highest BCUT2D eigenvalue weighted by Crippen LogP contribution is 2.30. The smallest absolute Gasteiger partial charge is 0.259 e. The second kappa shape index (κ2) is 8.04. The molecule has 0 aliphatic heterocycles. The number of halogens is 1. The maximum absolute atomic E-state index is 11.2. The van der Waals surface area contributed by atoms with Crippen LogP contribution in [0.1, 0.15) is 11.1 Å². The number of ether oxygens (including phenoxy) is 2. The number of nitrogens with zero attached hydrogens (tertiary/aromatic N) is 1. The maximum atomic E-state index is 11.2. The van der Waals surface area contributed by atoms with Gasteiger partial charge < -0.3 is 15.2 Å². The van der Waals surface area contributed by atoms with Crippen molar-refractivity contribution in [3.63, 3.8) is 0 Å². The highest BCUT2D eigenvalue weighted by atomic mass is 35.5. The highest BCUT2D eigenvalue weighted by molar-refractivity contribution is 6.31. The SMILES string of the molecule is COc1ccc(/C=C(\C#N)C(N)=O)cc1OCc1ccccc1Cl. The van der Waals surface area contributed by atoms with Gasteiger partial charge in [0.25, 0.3) is 5.91 Å². The molecule has 0 aliphatic rings. The first-order valence-electron chi connectivity index (χ1n) is 7.01. The van der Waals surface area contributed by atoms with Crippen molar-refractivity contribution in [2.75, 3.05) is 7.11 Å². The average Bonchev–Trinajstić information content (AvgIpc) is 2.58. The van der Waals surface area contributed by atoms with Crippen molar-refractivity contribution in [3.8, 4) is 17.6 Å². The fraction of sp³-hybridized carbons (Fsp3) is 0.111. The number of primary amides is 1. The zero-order chi connectivity index (χ0) is 17.5. The minimum absolute atomic E-state index is 0.141. The van der Waals surface area contributed by atoms with Crippen LogP contribution in [-0.2, 0) is 11.4 Å². The number of amides is 1. The fourth-order valence-corrected chi connectivity index (χ4v) is 2.18. The van der Waals surface area contributed by atoms with E-state index in [-0.39, 0.29) is 12.2 Å². The van der Waals surface area contributed by atoms with E-state index in [0.29, 0.717) is 22.1 Å². The van der Waals surface area contributed by atoms with Crippen molar-refractivity contribution in [3.05, 3.63) is 64.2 Å². The molecule has 0 fully saturated rings. The third-order valence-corrected chi connectivity index (χ3v) is 3.59. The Morgan fingerprint density at radius 3 is 2.67 bits per heavy atom. The van der Waals surface area contributed by atoms with Crippen molar-refractivity contribution >= 4 is 23.6 Å². The second-order valence-corrected chi connectivity index (χ2v) is 5.23. The molecule has 0 saturated carbocycles. The number of hydrogen-bond acceptors (Lipinski definition) is 4. The van der Waals surface area contributed by atoms with Crippen LogP contribution in [0.3, 0.4) is 0 Å². The Labute approximate surface area is 144 Å². The minimum atomic E-state index is -0.785. The number of benzene rings is 2. The standard InChI is InChI=1S/C18H15ClN2O3/c1-23-16-7-6-12(8-14(10-20)18(21)22)9-17(16)24-11-13-4-2-3-5-15(13)19/h2-9H,11H2,1H3,(H2,21,22)/b14-8+. The molecule has 0 saturated heterocycles. The molecule has 0 spiro atoms. The molecule has 0 bridgehead atoms. The summed E-state index contributed by atoms with van der Waals surface area (Å²) in [5.41, 5.74) is 6.43. The van der Waals surface area contributed by atoms with E-state index in [2.05, 4.69) is 0 Å². The molecular weight excluding hydrogens is 328 g/mol. The summed E-state index contributed by atoms with van der Waals surface area (Å²) in [4.78, 5) is 11.2. The number of carbonyl (C=O) groups is 1. The van der Waals surface area contributed by atoms with E-state index in [1.54, 1.807) is 30.3 Å². The van der Waals surface area contributed by atoms with Crippen LogP contribution in [0.2, 0.25) is 5.02 Å². The normalized spacial score (nSPS) is 10.8. The molecular formula is C18H15ClN2O3. The van der Waals surface area contributed by atoms with Crippen molar-refractivity contribution < 1.29 is 14.3 Å². The summed E-state index contributed by atoms with van der Waals surface area (Å²) in [5.74, 6) is 0.205. The lowest BCUT2D eigenvalue weighted by Gasteiger charge is -2.12. The summed E-state index contributed by atoms with van der Waals surface area (Å²) in [7, 11) is 1.53. The summed E-state index contributed by atoms with van der Waals surface area (Å²) in [6.45, 7) is 0.254. The quantitative estimate of drug-likeness (QED) is 0.644. The molecule has 2 rings (SSSR count). The number of nitrogens with two attached hydrogens (primary N) is 1. The zero-order valence-electron chi connectivity index (χ0n) is 13.0. The van der Waals surface area contributed by atoms with Gasteiger partial charge in [-0.15, -0.1) is 0 Å². The number of rotatable bonds is 6. The molecule has 0 atom stereocenters. The first-order valence-corrected chi connectivity index (χ1v) is 7.38. The monoisotopic (exact) mass is 342 g/mol. The number of nitriles is 1. The van der Waals surface area contributed by atoms with Crippen molar-refractivity contribution in [2.45, 2.75) is 6.61 Å². The predicted octanol–water partition coefficient (Wildman–Crippen LogP) is 3.32. The molecule has 5 nitrogen and oxygen atoms in total. The summed E-state index contributed by atoms with van der Waals surface area (Å²) < 4.78 is 11.0. The number of methoxy groups -OCH3 is 1. The summed E-state index contributed by atoms with van der Waals surface area (Å²) in [6, 6.07) is 14.2. The molecule has 1 amide bonds. The van der Waals surface area contributed by atoms with Crippen LogP contribution in [0.4, 0.5) is 0 Å². The molecule has 0 aliphatic carbocycles. The molecule has 122 valence electrons. The van der Waals surface area contributed by atoms with Crippen LogP contribution in [0, 0.1) is 11.3 Å². The van der Waals surface area contributed by atoms with Crippen LogP contribution in [0.15, 0.2) is 48.0 Å². The van der Waals surface area contributed by atoms with Gasteiger partial charge in [-0.2, -0.15) is 5.26 Å². The van der Waals surface area contributed by atoms with Crippen molar-refractivity contribution in [1.29, 1.82) is 5.26 Å². The highest BCUT2D eigenvalue weighted by Gasteiger charge is 2.09. The van der Waals surface area contributed by atoms with Crippen molar-refractivity contribution in [2.24, 2.45) is 5.73 Å². The second-order valence-electron chi connectivity index (χ2n) is 4.82. The van der Waals surface area contributed by atoms with E-state index in [1.807, 2.05) is 18.2 Å². The Kier molecular flexibility index (Phi) is 5.83. The van der Waals surface area contributed by atoms with E-state index in [4.69, 9.17) is 32.1 Å². The van der Waals surface area contributed by atoms with E-state index in [1.165, 1.54) is 13.2 Å². The molecule has 2 N–H and O–H groups in total. The molecule has 0 unspecified atom stereocenters. The van der Waals surface area contributed by atoms with Crippen LogP contribution in [0.5, 0.6) is 11.5 Å². The third kappa shape index (κ3) is 4.28. The van der Waals surface area contributed by atoms with Gasteiger partial charge in [0.05, 0.1) is 7.11 Å². The van der Waals surface area contributed by atoms with E-state index in [9.17, 15) is 4.79 Å². The average molecular weight is 343 g/mol. The third-order valence-electron chi connectivity index (χ3n) is 3.23. The molecule has 0 radical (unpaired) electrons. The van der Waals surface area contributed by atoms with Crippen LogP contribution >= 0.6 is 11.6 Å². The molecule has 6 heteroatoms. The van der Waals surface area contributed by atoms with Crippen LogP contribution < -0.4 is 15.2 Å². The molecule has 0 aromatic heterocycles. The van der Waals surface area contributed by atoms with Gasteiger partial charge in [-0.3, -0.25) is 4.79 Å². The molecule has 2 aromatic rings. The molecule has 24 heavy (non-hydrogen) atoms. The van der Waals surface area contributed by atoms with E-state index < -0.39 is 5.91 Å². The summed E-state index contributed by atoms with van der Waals surface area (Å²) in [5, 5.41) is 9.53. The molecule has 2 aromatic carbocycles. The van der Waals surface area contributed by atoms with Gasteiger partial charge in [0, 0.05) is 10.6 Å². The minimum Gasteiger partial charge on any atom is -0.493 e. The number of carbonyl (C=O) groups excluding carboxylic acids is 1. The Morgan fingerprint density at radius 1 is 1.29 bits per heavy atom. The topological polar surface area (TPSA) is 85.3 Å². The summed E-state index contributed by atoms with van der Waals surface area (Å²) in [6.07, 6.45) is 1.39. The molecule has 0 heterocycles. The zero-order valence-corrected chi connectivity index (χ0v) is 13.7. The Balaban J connectivity index is 2.28. The van der Waals surface area contributed by atoms with Gasteiger partial charge in [0.2, 0.25) is 0 Å². The van der Waals surface area contributed by atoms with E-state index >= 15 is 0 Å². The first kappa shape index (κ1) is 17.4. The lowest BCUT2D eigenvalue weighted by molar-refractivity contribution is -0.114. The van der Waals surface area contributed by atoms with Gasteiger partial charge in [-0.25, -0.2) is 0 Å². The van der Waals surface area contributed by atoms with Crippen LogP contribution in [0.25, 0.3) is 6.08 Å². The largest absolute Gasteiger partial charge is 0.493 e. The Morgan fingerprint density at radius 2 is 2.04 bits per heavy atom. The first-order chi connectivity index (χ1) is 11.5. The predicted molar refractivity (Wildman–Crippen MR) is 91.6 cm³/mol. The van der Waals surface area contributed by atoms with Gasteiger partial charge in [0.1, 0.15) is 18.2 Å². The maximum Gasteiger partial charge on any atom is 0.259 e. The Bertz CT molecular complexity index is 825. The lowest BCUT2D eigenvalue weighted by Crippen LogP contribution is -2.12. The van der Waals surface area contributed by atoms with Gasteiger partial charge in [-0.1, -0.05) is 35.9 Å². The summed E-state index contributed by atoms with van der Waals surface area (Å²) >= 11 is 6.11. The fourth-order valence-electron chi connectivity index (χ4n) is 1.99. The van der Waals surface area contributed by atoms with Gasteiger partial charge in [0.15, 0.2) is 11.5 Å². The Hall–Kier alpha value is -2.97. The van der Waals surface area contributed by atoms with Crippen LogP contribution in [-0.4, -0.2) is 13.0 Å². The van der Waals surface area contributed by atoms with Gasteiger partial charge >= 0.3 is 0 Å². The van der Waals surface area contributed by atoms with Gasteiger partial charge in [-0.05, 0) is 29.8 Å². The lowest BCUT2D eigenvalue weighted by atomic mass is 10.1. The van der Waals surface area contributed by atoms with Crippen molar-refractivity contribution in [1.82, 2.24) is 0 Å². The number of hydrogen-bond donors (Lipinski definition) is 1. The van der Waals surface area contributed by atoms with E-state index in [0.717, 1.165) is 5.56 Å².